The molecule has 0 aromatic heterocycles. The van der Waals surface area contributed by atoms with Crippen LogP contribution in [0.2, 0.25) is 0 Å². The van der Waals surface area contributed by atoms with Crippen LogP contribution in [0.1, 0.15) is 50.1 Å². The molecule has 1 atom stereocenters. The second-order valence-electron chi connectivity index (χ2n) is 27.4. The summed E-state index contributed by atoms with van der Waals surface area (Å²) < 4.78 is 0. The van der Waals surface area contributed by atoms with Crippen molar-refractivity contribution in [3.63, 3.8) is 0 Å². The lowest BCUT2D eigenvalue weighted by molar-refractivity contribution is 0.793. The molecule has 0 radical (unpaired) electrons. The van der Waals surface area contributed by atoms with E-state index in [1.165, 1.54) is 134 Å². The Morgan fingerprint density at radius 2 is 0.495 bits per heavy atom. The molecular formula is C99H66N2. The predicted octanol–water partition coefficient (Wildman–Crippen LogP) is 26.0. The van der Waals surface area contributed by atoms with Crippen LogP contribution in [0, 0.1) is 6.92 Å². The van der Waals surface area contributed by atoms with Crippen LogP contribution in [0.4, 0.5) is 34.1 Å². The molecule has 0 aliphatic heterocycles. The number of hydrogen-bond donors (Lipinski definition) is 0. The minimum absolute atomic E-state index is 0.498. The Hall–Kier alpha value is -12.9. The van der Waals surface area contributed by atoms with Gasteiger partial charge in [-0.1, -0.05) is 309 Å². The van der Waals surface area contributed by atoms with Crippen molar-refractivity contribution in [2.75, 3.05) is 9.80 Å². The van der Waals surface area contributed by atoms with Gasteiger partial charge in [0.25, 0.3) is 0 Å². The van der Waals surface area contributed by atoms with E-state index in [9.17, 15) is 0 Å². The van der Waals surface area contributed by atoms with Crippen LogP contribution in [0.25, 0.3) is 100 Å². The minimum atomic E-state index is -0.600. The lowest BCUT2D eigenvalue weighted by Gasteiger charge is -2.33. The van der Waals surface area contributed by atoms with E-state index < -0.39 is 10.8 Å². The summed E-state index contributed by atoms with van der Waals surface area (Å²) in [5, 5.41) is 0. The van der Waals surface area contributed by atoms with E-state index in [1.54, 1.807) is 0 Å². The lowest BCUT2D eigenvalue weighted by Crippen LogP contribution is -2.26. The molecule has 20 rings (SSSR count). The van der Waals surface area contributed by atoms with Crippen LogP contribution < -0.4 is 9.80 Å². The molecule has 101 heavy (non-hydrogen) atoms. The molecule has 4 aliphatic carbocycles. The van der Waals surface area contributed by atoms with Gasteiger partial charge in [0.1, 0.15) is 0 Å². The number of nitrogens with zero attached hydrogens (tertiary/aromatic N) is 2. The zero-order valence-electron chi connectivity index (χ0n) is 55.8. The number of aryl methyl sites for hydroxylation is 1. The van der Waals surface area contributed by atoms with Gasteiger partial charge in [0.15, 0.2) is 0 Å². The molecule has 16 aromatic carbocycles. The first-order valence-corrected chi connectivity index (χ1v) is 35.2. The second kappa shape index (κ2) is 23.1. The van der Waals surface area contributed by atoms with Crippen molar-refractivity contribution >= 4 is 34.1 Å². The normalized spacial score (nSPS) is 14.1. The van der Waals surface area contributed by atoms with E-state index in [2.05, 4.69) is 399 Å². The van der Waals surface area contributed by atoms with Gasteiger partial charge in [-0.25, -0.2) is 0 Å². The Bertz CT molecular complexity index is 5920. The van der Waals surface area contributed by atoms with Crippen LogP contribution in [0.15, 0.2) is 382 Å². The molecule has 0 amide bonds. The minimum Gasteiger partial charge on any atom is -0.310 e. The maximum absolute atomic E-state index is 2.52. The average Bonchev–Trinajstić information content (AvgIpc) is 1.52. The van der Waals surface area contributed by atoms with Crippen molar-refractivity contribution in [1.82, 2.24) is 0 Å². The first-order valence-electron chi connectivity index (χ1n) is 35.2. The highest BCUT2D eigenvalue weighted by Crippen LogP contribution is 2.66. The van der Waals surface area contributed by atoms with Crippen molar-refractivity contribution in [3.05, 3.63) is 432 Å². The van der Waals surface area contributed by atoms with Crippen LogP contribution >= 0.6 is 0 Å². The van der Waals surface area contributed by atoms with Gasteiger partial charge in [0, 0.05) is 33.9 Å². The summed E-state index contributed by atoms with van der Waals surface area (Å²) in [7, 11) is 0. The monoisotopic (exact) mass is 1280 g/mol. The molecule has 1 unspecified atom stereocenters. The molecule has 0 bridgehead atoms. The fourth-order valence-corrected chi connectivity index (χ4v) is 18.0. The molecule has 4 aliphatic rings. The van der Waals surface area contributed by atoms with Gasteiger partial charge in [-0.2, -0.15) is 0 Å². The Morgan fingerprint density at radius 3 is 1.01 bits per heavy atom. The first-order chi connectivity index (χ1) is 50.0. The number of benzene rings is 16. The number of anilines is 6. The van der Waals surface area contributed by atoms with Gasteiger partial charge >= 0.3 is 0 Å². The molecule has 2 heteroatoms. The third-order valence-corrected chi connectivity index (χ3v) is 22.2. The number of rotatable bonds is 11. The predicted molar refractivity (Wildman–Crippen MR) is 420 cm³/mol. The molecule has 472 valence electrons. The largest absolute Gasteiger partial charge is 0.310 e. The third-order valence-electron chi connectivity index (χ3n) is 22.2. The van der Waals surface area contributed by atoms with Crippen molar-refractivity contribution in [1.29, 1.82) is 0 Å². The van der Waals surface area contributed by atoms with E-state index in [-0.39, 0.29) is 0 Å². The molecule has 0 fully saturated rings. The maximum atomic E-state index is 2.52. The Balaban J connectivity index is 0.730. The lowest BCUT2D eigenvalue weighted by atomic mass is 9.70. The summed E-state index contributed by atoms with van der Waals surface area (Å²) in [6, 6.07) is 143. The van der Waals surface area contributed by atoms with Crippen LogP contribution in [0.3, 0.4) is 0 Å². The molecule has 0 saturated heterocycles. The summed E-state index contributed by atoms with van der Waals surface area (Å²) in [6.07, 6.45) is 0. The van der Waals surface area contributed by atoms with Crippen molar-refractivity contribution in [3.8, 4) is 100 Å². The van der Waals surface area contributed by atoms with Gasteiger partial charge in [0.05, 0.1) is 22.2 Å². The zero-order chi connectivity index (χ0) is 66.8. The maximum Gasteiger partial charge on any atom is 0.0726 e. The summed E-state index contributed by atoms with van der Waals surface area (Å²) in [6.45, 7) is 2.26. The van der Waals surface area contributed by atoms with Gasteiger partial charge in [-0.3, -0.25) is 0 Å². The van der Waals surface area contributed by atoms with Crippen LogP contribution in [0.5, 0.6) is 0 Å². The van der Waals surface area contributed by atoms with Gasteiger partial charge in [-0.05, 0) is 219 Å². The van der Waals surface area contributed by atoms with Crippen LogP contribution in [-0.4, -0.2) is 0 Å². The van der Waals surface area contributed by atoms with Gasteiger partial charge < -0.3 is 9.80 Å². The van der Waals surface area contributed by atoms with Gasteiger partial charge in [-0.15, -0.1) is 0 Å². The molecule has 0 N–H and O–H groups in total. The Labute approximate surface area is 590 Å². The zero-order valence-corrected chi connectivity index (χ0v) is 55.8. The summed E-state index contributed by atoms with van der Waals surface area (Å²) in [4.78, 5) is 5.01. The molecule has 0 saturated carbocycles. The quantitative estimate of drug-likeness (QED) is 0.127. The van der Waals surface area contributed by atoms with Crippen molar-refractivity contribution in [2.45, 2.75) is 17.8 Å². The Kier molecular flexibility index (Phi) is 13.4. The van der Waals surface area contributed by atoms with E-state index in [4.69, 9.17) is 0 Å². The highest BCUT2D eigenvalue weighted by atomic mass is 15.2. The standard InChI is InChI=1S/C99H66N2/c1-65-60-71(67-28-7-3-8-29-67)51-59-95(65)101(97-47-24-16-34-77(97)69-30-9-4-10-31-69)76-55-57-85-82-39-14-21-44-90(82)99(94(85)64-76)91-45-22-15-40-83(91)86-62-72(50-58-92(86)99)70-32-25-33-73(61-70)78-35-17-23-46-96(78)100(74-52-48-68(49-53-74)66-26-5-2-6-27-66)75-54-56-84-81-38-13-20-43-89(81)98(93(84)63-75)87-41-18-11-36-79(87)80-37-12-19-42-88(80)98/h2-64H,1H3. The summed E-state index contributed by atoms with van der Waals surface area (Å²) >= 11 is 0. The number of fused-ring (bicyclic) bond motifs is 20. The van der Waals surface area contributed by atoms with Crippen LogP contribution in [-0.2, 0) is 10.8 Å². The SMILES string of the molecule is Cc1cc(-c2ccccc2)ccc1N(c1ccc2c(c1)C1(c3ccccc3-c3cc(-c4cccc(-c5ccccc5N(c5ccc(-c6ccccc6)cc5)c5ccc6c(c5)C5(c7ccccc7-c7ccccc75)c5ccccc5-6)c4)ccc31)c1ccccc1-2)c1ccccc1-c1ccccc1. The van der Waals surface area contributed by atoms with E-state index in [1.807, 2.05) is 0 Å². The highest BCUT2D eigenvalue weighted by molar-refractivity contribution is 6.01. The number of para-hydroxylation sites is 2. The molecule has 16 aromatic rings. The molecule has 2 nitrogen and oxygen atoms in total. The fraction of sp³-hybridized carbons (Fsp3) is 0.0303. The summed E-state index contributed by atoms with van der Waals surface area (Å²) in [5.41, 5.74) is 39.1. The third kappa shape index (κ3) is 8.78. The second-order valence-corrected chi connectivity index (χ2v) is 27.4. The highest BCUT2D eigenvalue weighted by Gasteiger charge is 2.53. The fourth-order valence-electron chi connectivity index (χ4n) is 18.0. The molecule has 2 spiro atoms. The molecular weight excluding hydrogens is 1220 g/mol. The summed E-state index contributed by atoms with van der Waals surface area (Å²) in [5.74, 6) is 0. The first kappa shape index (κ1) is 58.3. The average molecular weight is 1280 g/mol. The Morgan fingerprint density at radius 1 is 0.168 bits per heavy atom. The van der Waals surface area contributed by atoms with E-state index >= 15 is 0 Å². The van der Waals surface area contributed by atoms with E-state index in [0.717, 1.165) is 50.8 Å². The van der Waals surface area contributed by atoms with Crippen molar-refractivity contribution in [2.24, 2.45) is 0 Å². The number of hydrogen-bond acceptors (Lipinski definition) is 2. The van der Waals surface area contributed by atoms with E-state index in [0.29, 0.717) is 0 Å². The van der Waals surface area contributed by atoms with Crippen molar-refractivity contribution < 1.29 is 0 Å². The van der Waals surface area contributed by atoms with Gasteiger partial charge in [0.2, 0.25) is 0 Å². The smallest absolute Gasteiger partial charge is 0.0726 e. The topological polar surface area (TPSA) is 6.48 Å². The molecule has 0 heterocycles.